The number of likely N-dealkylation sites (tertiary alicyclic amines) is 1. The van der Waals surface area contributed by atoms with Crippen molar-refractivity contribution in [2.24, 2.45) is 5.92 Å². The highest BCUT2D eigenvalue weighted by atomic mass is 35.5. The Morgan fingerprint density at radius 3 is 2.56 bits per heavy atom. The first-order valence-corrected chi connectivity index (χ1v) is 11.4. The maximum absolute atomic E-state index is 12.5. The molecule has 0 radical (unpaired) electrons. The van der Waals surface area contributed by atoms with Gasteiger partial charge in [-0.1, -0.05) is 60.1 Å². The molecule has 0 aliphatic carbocycles. The molecule has 0 bridgehead atoms. The van der Waals surface area contributed by atoms with E-state index >= 15 is 0 Å². The summed E-state index contributed by atoms with van der Waals surface area (Å²) in [7, 11) is 0. The summed E-state index contributed by atoms with van der Waals surface area (Å²) in [6.45, 7) is 0.777. The number of rotatable bonds is 4. The van der Waals surface area contributed by atoms with E-state index in [2.05, 4.69) is 16.2 Å². The summed E-state index contributed by atoms with van der Waals surface area (Å²) in [5.41, 5.74) is 6.00. The van der Waals surface area contributed by atoms with E-state index in [1.54, 1.807) is 4.90 Å². The van der Waals surface area contributed by atoms with Crippen LogP contribution in [0, 0.1) is 5.92 Å². The van der Waals surface area contributed by atoms with Crippen molar-refractivity contribution in [1.82, 2.24) is 21.1 Å². The lowest BCUT2D eigenvalue weighted by atomic mass is 10.1. The lowest BCUT2D eigenvalue weighted by Crippen LogP contribution is -2.50. The van der Waals surface area contributed by atoms with Crippen LogP contribution in [0.4, 0.5) is 0 Å². The molecule has 3 aromatic rings. The second-order valence-electron chi connectivity index (χ2n) is 7.30. The van der Waals surface area contributed by atoms with Crippen molar-refractivity contribution in [3.8, 4) is 0 Å². The molecule has 4 rings (SSSR count). The molecule has 1 saturated heterocycles. The zero-order valence-electron chi connectivity index (χ0n) is 16.8. The van der Waals surface area contributed by atoms with Gasteiger partial charge in [0.2, 0.25) is 11.8 Å². The summed E-state index contributed by atoms with van der Waals surface area (Å²) in [5, 5.41) is 3.60. The smallest absolute Gasteiger partial charge is 0.269 e. The number of hydrogen-bond acceptors (Lipinski definition) is 5. The molecule has 164 valence electrons. The van der Waals surface area contributed by atoms with Crippen LogP contribution in [-0.2, 0) is 16.1 Å². The molecule has 3 N–H and O–H groups in total. The van der Waals surface area contributed by atoms with Gasteiger partial charge in [0.1, 0.15) is 4.88 Å². The lowest BCUT2D eigenvalue weighted by Gasteiger charge is -2.17. The minimum absolute atomic E-state index is 0.0673. The maximum Gasteiger partial charge on any atom is 0.269 e. The fourth-order valence-corrected chi connectivity index (χ4v) is 5.03. The van der Waals surface area contributed by atoms with Crippen molar-refractivity contribution in [1.29, 1.82) is 0 Å². The quantitative estimate of drug-likeness (QED) is 0.389. The van der Waals surface area contributed by atoms with E-state index in [0.29, 0.717) is 23.0 Å². The highest BCUT2D eigenvalue weighted by molar-refractivity contribution is 7.80. The van der Waals surface area contributed by atoms with Gasteiger partial charge in [-0.2, -0.15) is 0 Å². The Morgan fingerprint density at radius 2 is 1.81 bits per heavy atom. The summed E-state index contributed by atoms with van der Waals surface area (Å²) >= 11 is 12.7. The number of fused-ring (bicyclic) bond motifs is 1. The monoisotopic (exact) mass is 486 g/mol. The van der Waals surface area contributed by atoms with Gasteiger partial charge in [-0.3, -0.25) is 30.6 Å². The number of amides is 3. The maximum atomic E-state index is 12.5. The number of carbonyl (C=O) groups is 3. The standard InChI is InChI=1S/C22H19ClN4O3S2/c23-18-15-8-4-5-9-16(15)32-19(18)21(30)24-22(31)26-25-20(29)14-10-17(28)27(12-14)11-13-6-2-1-3-7-13/h1-9,14H,10-12H2,(H,25,29)(H2,24,26,30,31). The Balaban J connectivity index is 1.28. The number of carbonyl (C=O) groups excluding carboxylic acids is 3. The molecule has 0 spiro atoms. The second kappa shape index (κ2) is 9.64. The number of thiophene rings is 1. The van der Waals surface area contributed by atoms with E-state index in [9.17, 15) is 14.4 Å². The minimum Gasteiger partial charge on any atom is -0.338 e. The van der Waals surface area contributed by atoms with Crippen molar-refractivity contribution in [3.05, 3.63) is 70.1 Å². The van der Waals surface area contributed by atoms with Crippen LogP contribution in [0.25, 0.3) is 10.1 Å². The Hall–Kier alpha value is -3.01. The first-order valence-electron chi connectivity index (χ1n) is 9.82. The zero-order valence-corrected chi connectivity index (χ0v) is 19.2. The third kappa shape index (κ3) is 4.90. The fourth-order valence-electron chi connectivity index (χ4n) is 3.48. The van der Waals surface area contributed by atoms with Crippen LogP contribution in [0.15, 0.2) is 54.6 Å². The van der Waals surface area contributed by atoms with Gasteiger partial charge in [0.15, 0.2) is 5.11 Å². The third-order valence-electron chi connectivity index (χ3n) is 5.07. The number of nitrogens with one attached hydrogen (secondary N) is 3. The molecule has 2 aromatic carbocycles. The van der Waals surface area contributed by atoms with Gasteiger partial charge in [0.05, 0.1) is 10.9 Å². The number of hydrogen-bond donors (Lipinski definition) is 3. The van der Waals surface area contributed by atoms with Crippen molar-refractivity contribution >= 4 is 68.1 Å². The average molecular weight is 487 g/mol. The van der Waals surface area contributed by atoms with Crippen LogP contribution >= 0.6 is 35.2 Å². The van der Waals surface area contributed by atoms with Crippen LogP contribution in [0.1, 0.15) is 21.7 Å². The molecule has 1 unspecified atom stereocenters. The molecular weight excluding hydrogens is 468 g/mol. The first-order chi connectivity index (χ1) is 15.4. The molecule has 1 atom stereocenters. The van der Waals surface area contributed by atoms with E-state index in [-0.39, 0.29) is 23.3 Å². The predicted molar refractivity (Wildman–Crippen MR) is 128 cm³/mol. The molecule has 1 aromatic heterocycles. The topological polar surface area (TPSA) is 90.5 Å². The molecule has 1 fully saturated rings. The average Bonchev–Trinajstić information content (AvgIpc) is 3.33. The van der Waals surface area contributed by atoms with E-state index in [1.807, 2.05) is 54.6 Å². The molecule has 3 amide bonds. The number of nitrogens with zero attached hydrogens (tertiary/aromatic N) is 1. The fraction of sp³-hybridized carbons (Fsp3) is 0.182. The van der Waals surface area contributed by atoms with E-state index < -0.39 is 11.8 Å². The third-order valence-corrected chi connectivity index (χ3v) is 6.95. The molecule has 7 nitrogen and oxygen atoms in total. The summed E-state index contributed by atoms with van der Waals surface area (Å²) in [6.07, 6.45) is 0.122. The molecule has 0 saturated carbocycles. The molecule has 1 aliphatic heterocycles. The van der Waals surface area contributed by atoms with Crippen LogP contribution in [0.3, 0.4) is 0 Å². The first kappa shape index (κ1) is 22.2. The van der Waals surface area contributed by atoms with Gasteiger partial charge in [-0.05, 0) is 23.8 Å². The number of benzene rings is 2. The lowest BCUT2D eigenvalue weighted by molar-refractivity contribution is -0.129. The predicted octanol–water partition coefficient (Wildman–Crippen LogP) is 3.24. The van der Waals surface area contributed by atoms with Crippen molar-refractivity contribution in [3.63, 3.8) is 0 Å². The van der Waals surface area contributed by atoms with Gasteiger partial charge in [0.25, 0.3) is 5.91 Å². The molecule has 10 heteroatoms. The van der Waals surface area contributed by atoms with Crippen molar-refractivity contribution in [2.75, 3.05) is 6.54 Å². The van der Waals surface area contributed by atoms with E-state index in [4.69, 9.17) is 23.8 Å². The summed E-state index contributed by atoms with van der Waals surface area (Å²) < 4.78 is 0.890. The minimum atomic E-state index is -0.505. The van der Waals surface area contributed by atoms with E-state index in [0.717, 1.165) is 15.6 Å². The Morgan fingerprint density at radius 1 is 1.09 bits per heavy atom. The van der Waals surface area contributed by atoms with Crippen LogP contribution in [0.5, 0.6) is 0 Å². The van der Waals surface area contributed by atoms with Crippen LogP contribution in [0.2, 0.25) is 5.02 Å². The molecule has 32 heavy (non-hydrogen) atoms. The van der Waals surface area contributed by atoms with Gasteiger partial charge < -0.3 is 4.90 Å². The normalized spacial score (nSPS) is 15.6. The molecule has 2 heterocycles. The van der Waals surface area contributed by atoms with Gasteiger partial charge in [-0.15, -0.1) is 11.3 Å². The Labute approximate surface area is 198 Å². The van der Waals surface area contributed by atoms with Gasteiger partial charge in [-0.25, -0.2) is 0 Å². The Kier molecular flexibility index (Phi) is 6.69. The van der Waals surface area contributed by atoms with Crippen LogP contribution in [-0.4, -0.2) is 34.3 Å². The van der Waals surface area contributed by atoms with E-state index in [1.165, 1.54) is 11.3 Å². The van der Waals surface area contributed by atoms with Crippen molar-refractivity contribution in [2.45, 2.75) is 13.0 Å². The van der Waals surface area contributed by atoms with Gasteiger partial charge >= 0.3 is 0 Å². The molecule has 1 aliphatic rings. The number of halogens is 1. The largest absolute Gasteiger partial charge is 0.338 e. The van der Waals surface area contributed by atoms with Gasteiger partial charge in [0, 0.05) is 29.6 Å². The highest BCUT2D eigenvalue weighted by Crippen LogP contribution is 2.34. The number of thiocarbonyl (C=S) groups is 1. The summed E-state index contributed by atoms with van der Waals surface area (Å²) in [4.78, 5) is 39.3. The second-order valence-corrected chi connectivity index (χ2v) is 9.14. The summed E-state index contributed by atoms with van der Waals surface area (Å²) in [6, 6.07) is 17.0. The summed E-state index contributed by atoms with van der Waals surface area (Å²) in [5.74, 6) is -1.42. The highest BCUT2D eigenvalue weighted by Gasteiger charge is 2.34. The zero-order chi connectivity index (χ0) is 22.7. The van der Waals surface area contributed by atoms with Crippen LogP contribution < -0.4 is 16.2 Å². The SMILES string of the molecule is O=C(NC(=S)NNC(=O)C1CC(=O)N(Cc2ccccc2)C1)c1sc2ccccc2c1Cl. The van der Waals surface area contributed by atoms with Crippen molar-refractivity contribution < 1.29 is 14.4 Å². The number of hydrazine groups is 1. The Bertz CT molecular complexity index is 1200. The molecular formula is C22H19ClN4O3S2.